The number of nitriles is 1. The van der Waals surface area contributed by atoms with Crippen molar-refractivity contribution in [3.63, 3.8) is 0 Å². The van der Waals surface area contributed by atoms with Crippen LogP contribution >= 0.6 is 11.3 Å². The number of fused-ring (bicyclic) bond motifs is 1. The molecule has 0 aromatic carbocycles. The number of carbonyl (C=O) groups is 2. The lowest BCUT2D eigenvalue weighted by molar-refractivity contribution is -0.130. The fourth-order valence-corrected chi connectivity index (χ4v) is 3.96. The highest BCUT2D eigenvalue weighted by Gasteiger charge is 2.21. The molecule has 0 aliphatic heterocycles. The van der Waals surface area contributed by atoms with Crippen molar-refractivity contribution < 1.29 is 9.59 Å². The topological polar surface area (TPSA) is 76.4 Å². The molecule has 1 aromatic rings. The van der Waals surface area contributed by atoms with Gasteiger partial charge in [0, 0.05) is 31.9 Å². The standard InChI is InChI=1S/C17H24N4O2S/c1-20(2)16(23)11-21(3)9-8-15(22)19-17-13(10-18)12-6-4-5-7-14(12)24-17/h4-9,11H2,1-3H3,(H,19,22). The summed E-state index contributed by atoms with van der Waals surface area (Å²) in [5.74, 6) is -0.107. The zero-order valence-corrected chi connectivity index (χ0v) is 15.3. The quantitative estimate of drug-likeness (QED) is 0.851. The van der Waals surface area contributed by atoms with E-state index in [1.54, 1.807) is 14.1 Å². The van der Waals surface area contributed by atoms with Crippen LogP contribution in [0.1, 0.15) is 35.3 Å². The van der Waals surface area contributed by atoms with Gasteiger partial charge in [0.15, 0.2) is 0 Å². The van der Waals surface area contributed by atoms with Gasteiger partial charge in [-0.15, -0.1) is 11.3 Å². The van der Waals surface area contributed by atoms with E-state index in [0.717, 1.165) is 31.2 Å². The van der Waals surface area contributed by atoms with E-state index in [2.05, 4.69) is 11.4 Å². The molecule has 0 bridgehead atoms. The molecule has 2 amide bonds. The molecule has 7 heteroatoms. The Labute approximate surface area is 147 Å². The molecular formula is C17H24N4O2S. The lowest BCUT2D eigenvalue weighted by Gasteiger charge is -2.18. The average molecular weight is 348 g/mol. The van der Waals surface area contributed by atoms with Crippen LogP contribution in [0, 0.1) is 11.3 Å². The van der Waals surface area contributed by atoms with Crippen LogP contribution in [0.4, 0.5) is 5.00 Å². The number of nitrogens with one attached hydrogen (secondary N) is 1. The number of nitrogens with zero attached hydrogens (tertiary/aromatic N) is 3. The molecule has 0 unspecified atom stereocenters. The average Bonchev–Trinajstić information content (AvgIpc) is 2.89. The Morgan fingerprint density at radius 2 is 1.96 bits per heavy atom. The fourth-order valence-electron chi connectivity index (χ4n) is 2.71. The van der Waals surface area contributed by atoms with E-state index in [4.69, 9.17) is 0 Å². The van der Waals surface area contributed by atoms with Gasteiger partial charge in [-0.25, -0.2) is 0 Å². The van der Waals surface area contributed by atoms with Crippen molar-refractivity contribution in [2.45, 2.75) is 32.1 Å². The van der Waals surface area contributed by atoms with Crippen LogP contribution in [0.25, 0.3) is 0 Å². The number of amides is 2. The molecule has 0 spiro atoms. The minimum atomic E-state index is -0.116. The first-order valence-electron chi connectivity index (χ1n) is 8.15. The molecule has 130 valence electrons. The minimum Gasteiger partial charge on any atom is -0.348 e. The molecule has 1 aliphatic carbocycles. The van der Waals surface area contributed by atoms with Crippen molar-refractivity contribution in [3.8, 4) is 6.07 Å². The largest absolute Gasteiger partial charge is 0.348 e. The van der Waals surface area contributed by atoms with Crippen LogP contribution in [0.15, 0.2) is 0 Å². The van der Waals surface area contributed by atoms with Crippen molar-refractivity contribution >= 4 is 28.2 Å². The maximum atomic E-state index is 12.2. The van der Waals surface area contributed by atoms with Gasteiger partial charge >= 0.3 is 0 Å². The van der Waals surface area contributed by atoms with Crippen LogP contribution in [0.3, 0.4) is 0 Å². The van der Waals surface area contributed by atoms with Gasteiger partial charge in [0.05, 0.1) is 12.1 Å². The van der Waals surface area contributed by atoms with Gasteiger partial charge < -0.3 is 10.2 Å². The van der Waals surface area contributed by atoms with Crippen molar-refractivity contribution in [1.82, 2.24) is 9.80 Å². The molecular weight excluding hydrogens is 324 g/mol. The van der Waals surface area contributed by atoms with E-state index >= 15 is 0 Å². The smallest absolute Gasteiger partial charge is 0.236 e. The summed E-state index contributed by atoms with van der Waals surface area (Å²) in [5, 5.41) is 13.0. The number of hydrogen-bond donors (Lipinski definition) is 1. The summed E-state index contributed by atoms with van der Waals surface area (Å²) in [4.78, 5) is 28.4. The Hall–Kier alpha value is -1.91. The zero-order chi connectivity index (χ0) is 17.7. The maximum Gasteiger partial charge on any atom is 0.236 e. The molecule has 0 fully saturated rings. The highest BCUT2D eigenvalue weighted by atomic mass is 32.1. The highest BCUT2D eigenvalue weighted by Crippen LogP contribution is 2.37. The molecule has 1 aliphatic rings. The van der Waals surface area contributed by atoms with E-state index in [0.29, 0.717) is 23.5 Å². The van der Waals surface area contributed by atoms with Gasteiger partial charge in [-0.3, -0.25) is 14.5 Å². The molecule has 2 rings (SSSR count). The summed E-state index contributed by atoms with van der Waals surface area (Å²) in [6.45, 7) is 0.787. The molecule has 0 atom stereocenters. The second-order valence-corrected chi connectivity index (χ2v) is 7.46. The van der Waals surface area contributed by atoms with Gasteiger partial charge in [-0.1, -0.05) is 0 Å². The molecule has 0 radical (unpaired) electrons. The van der Waals surface area contributed by atoms with Crippen LogP contribution in [-0.2, 0) is 22.4 Å². The molecule has 0 saturated heterocycles. The van der Waals surface area contributed by atoms with Gasteiger partial charge in [0.1, 0.15) is 11.1 Å². The number of hydrogen-bond acceptors (Lipinski definition) is 5. The van der Waals surface area contributed by atoms with Gasteiger partial charge in [-0.05, 0) is 38.3 Å². The second-order valence-electron chi connectivity index (χ2n) is 6.35. The van der Waals surface area contributed by atoms with Gasteiger partial charge in [0.2, 0.25) is 11.8 Å². The summed E-state index contributed by atoms with van der Waals surface area (Å²) in [6.07, 6.45) is 4.48. The van der Waals surface area contributed by atoms with E-state index in [-0.39, 0.29) is 18.4 Å². The van der Waals surface area contributed by atoms with Crippen LogP contribution in [0.5, 0.6) is 0 Å². The van der Waals surface area contributed by atoms with E-state index in [1.807, 2.05) is 11.9 Å². The second kappa shape index (κ2) is 8.27. The van der Waals surface area contributed by atoms with E-state index in [9.17, 15) is 14.9 Å². The molecule has 1 aromatic heterocycles. The Morgan fingerprint density at radius 3 is 2.62 bits per heavy atom. The van der Waals surface area contributed by atoms with Crippen LogP contribution in [0.2, 0.25) is 0 Å². The van der Waals surface area contributed by atoms with Crippen LogP contribution in [-0.4, -0.2) is 55.8 Å². The monoisotopic (exact) mass is 348 g/mol. The summed E-state index contributed by atoms with van der Waals surface area (Å²) in [6, 6.07) is 2.25. The van der Waals surface area contributed by atoms with E-state index in [1.165, 1.54) is 21.1 Å². The third kappa shape index (κ3) is 4.56. The fraction of sp³-hybridized carbons (Fsp3) is 0.588. The molecule has 1 heterocycles. The van der Waals surface area contributed by atoms with Gasteiger partial charge in [0.25, 0.3) is 0 Å². The predicted octanol–water partition coefficient (Wildman–Crippen LogP) is 1.85. The lowest BCUT2D eigenvalue weighted by Crippen LogP contribution is -2.35. The first-order valence-corrected chi connectivity index (χ1v) is 8.97. The first kappa shape index (κ1) is 18.4. The zero-order valence-electron chi connectivity index (χ0n) is 14.5. The molecule has 1 N–H and O–H groups in total. The Morgan fingerprint density at radius 1 is 1.25 bits per heavy atom. The summed E-state index contributed by atoms with van der Waals surface area (Å²) in [7, 11) is 5.25. The molecule has 6 nitrogen and oxygen atoms in total. The van der Waals surface area contributed by atoms with Crippen LogP contribution < -0.4 is 5.32 Å². The number of aryl methyl sites for hydroxylation is 1. The summed E-state index contributed by atoms with van der Waals surface area (Å²) >= 11 is 1.53. The number of thiophene rings is 1. The van der Waals surface area contributed by atoms with E-state index < -0.39 is 0 Å². The summed E-state index contributed by atoms with van der Waals surface area (Å²) < 4.78 is 0. The van der Waals surface area contributed by atoms with Crippen molar-refractivity contribution in [3.05, 3.63) is 16.0 Å². The molecule has 24 heavy (non-hydrogen) atoms. The number of anilines is 1. The number of rotatable bonds is 6. The normalized spacial score (nSPS) is 13.3. The number of carbonyl (C=O) groups excluding carboxylic acids is 2. The highest BCUT2D eigenvalue weighted by molar-refractivity contribution is 7.16. The maximum absolute atomic E-state index is 12.2. The lowest BCUT2D eigenvalue weighted by atomic mass is 9.96. The molecule has 0 saturated carbocycles. The third-order valence-corrected chi connectivity index (χ3v) is 5.37. The van der Waals surface area contributed by atoms with Crippen molar-refractivity contribution in [2.75, 3.05) is 39.5 Å². The minimum absolute atomic E-state index is 0.00982. The SMILES string of the molecule is CN(CCC(=O)Nc1sc2c(c1C#N)CCCC2)CC(=O)N(C)C. The Kier molecular flexibility index (Phi) is 6.35. The van der Waals surface area contributed by atoms with Gasteiger partial charge in [-0.2, -0.15) is 5.26 Å². The predicted molar refractivity (Wildman–Crippen MR) is 95.1 cm³/mol. The van der Waals surface area contributed by atoms with Crippen molar-refractivity contribution in [2.24, 2.45) is 0 Å². The van der Waals surface area contributed by atoms with Crippen molar-refractivity contribution in [1.29, 1.82) is 5.26 Å². The summed E-state index contributed by atoms with van der Waals surface area (Å²) in [5.41, 5.74) is 1.76. The first-order chi connectivity index (χ1) is 11.4. The Bertz CT molecular complexity index is 660. The Balaban J connectivity index is 1.90. The number of likely N-dealkylation sites (N-methyl/N-ethyl adjacent to an activating group) is 2. The third-order valence-electron chi connectivity index (χ3n) is 4.16.